The van der Waals surface area contributed by atoms with E-state index in [9.17, 15) is 5.11 Å². The molecule has 1 unspecified atom stereocenters. The van der Waals surface area contributed by atoms with Crippen LogP contribution < -0.4 is 0 Å². The average molecular weight is 355 g/mol. The first kappa shape index (κ1) is 19.7. The highest BCUT2D eigenvalue weighted by Crippen LogP contribution is 2.31. The Bertz CT molecular complexity index is 456. The highest BCUT2D eigenvalue weighted by Gasteiger charge is 2.28. The van der Waals surface area contributed by atoms with Crippen molar-refractivity contribution in [2.24, 2.45) is 5.41 Å². The lowest BCUT2D eigenvalue weighted by molar-refractivity contribution is 0.0363. The van der Waals surface area contributed by atoms with Crippen LogP contribution in [0.15, 0.2) is 23.5 Å². The maximum atomic E-state index is 9.50. The van der Waals surface area contributed by atoms with Gasteiger partial charge in [0.1, 0.15) is 5.82 Å². The zero-order valence-electron chi connectivity index (χ0n) is 15.8. The van der Waals surface area contributed by atoms with Gasteiger partial charge in [0, 0.05) is 26.2 Å². The summed E-state index contributed by atoms with van der Waals surface area (Å²) in [5.74, 6) is 2.47. The van der Waals surface area contributed by atoms with Gasteiger partial charge in [0.15, 0.2) is 0 Å². The van der Waals surface area contributed by atoms with Gasteiger partial charge in [-0.3, -0.25) is 0 Å². The van der Waals surface area contributed by atoms with Gasteiger partial charge < -0.3 is 19.6 Å². The van der Waals surface area contributed by atoms with Crippen molar-refractivity contribution in [1.29, 1.82) is 0 Å². The lowest BCUT2D eigenvalue weighted by atomic mass is 9.89. The molecule has 0 bridgehead atoms. The Morgan fingerprint density at radius 2 is 2.04 bits per heavy atom. The van der Waals surface area contributed by atoms with Crippen molar-refractivity contribution in [3.05, 3.63) is 23.5 Å². The Hall–Kier alpha value is -0.650. The normalized spacial score (nSPS) is 22.5. The van der Waals surface area contributed by atoms with Crippen LogP contribution in [-0.2, 0) is 4.74 Å². The fraction of sp³-hybridized carbons (Fsp3) is 0.789. The maximum absolute atomic E-state index is 9.50. The minimum atomic E-state index is 0.0117. The van der Waals surface area contributed by atoms with E-state index in [4.69, 9.17) is 4.74 Å². The lowest BCUT2D eigenvalue weighted by Gasteiger charge is -2.43. The van der Waals surface area contributed by atoms with Crippen LogP contribution in [-0.4, -0.2) is 65.5 Å². The summed E-state index contributed by atoms with van der Waals surface area (Å²) in [6, 6.07) is 0. The van der Waals surface area contributed by atoms with Crippen LogP contribution >= 0.6 is 11.8 Å². The van der Waals surface area contributed by atoms with Gasteiger partial charge in [-0.05, 0) is 48.7 Å². The number of rotatable bonds is 8. The molecule has 0 aromatic rings. The number of hydrogen-bond donors (Lipinski definition) is 1. The molecule has 2 aliphatic heterocycles. The summed E-state index contributed by atoms with van der Waals surface area (Å²) in [5.41, 5.74) is 1.37. The van der Waals surface area contributed by atoms with E-state index in [1.165, 1.54) is 11.4 Å². The first-order chi connectivity index (χ1) is 11.5. The molecule has 0 spiro atoms. The summed E-state index contributed by atoms with van der Waals surface area (Å²) < 4.78 is 5.53. The third-order valence-electron chi connectivity index (χ3n) is 4.72. The second-order valence-electron chi connectivity index (χ2n) is 7.48. The molecule has 1 saturated heterocycles. The zero-order chi connectivity index (χ0) is 17.6. The molecule has 138 valence electrons. The SMILES string of the molecule is CCSC1C=C(C)C=C(N2CCOCC2)N1CCCC(C)(C)CO. The average Bonchev–Trinajstić information content (AvgIpc) is 2.57. The van der Waals surface area contributed by atoms with Crippen LogP contribution in [0.25, 0.3) is 0 Å². The van der Waals surface area contributed by atoms with Crippen LogP contribution in [0.5, 0.6) is 0 Å². The Balaban J connectivity index is 2.09. The molecular weight excluding hydrogens is 320 g/mol. The molecule has 0 saturated carbocycles. The smallest absolute Gasteiger partial charge is 0.105 e. The summed E-state index contributed by atoms with van der Waals surface area (Å²) in [6.07, 6.45) is 6.86. The molecular formula is C19H34N2O2S. The fourth-order valence-electron chi connectivity index (χ4n) is 3.20. The maximum Gasteiger partial charge on any atom is 0.105 e. The number of aliphatic hydroxyl groups excluding tert-OH is 1. The third-order valence-corrected chi connectivity index (χ3v) is 5.78. The van der Waals surface area contributed by atoms with Gasteiger partial charge in [0.25, 0.3) is 0 Å². The van der Waals surface area contributed by atoms with E-state index in [0.717, 1.165) is 51.4 Å². The van der Waals surface area contributed by atoms with E-state index in [0.29, 0.717) is 5.37 Å². The summed E-state index contributed by atoms with van der Waals surface area (Å²) >= 11 is 2.00. The minimum absolute atomic E-state index is 0.0117. The van der Waals surface area contributed by atoms with Crippen molar-refractivity contribution < 1.29 is 9.84 Å². The van der Waals surface area contributed by atoms with Crippen molar-refractivity contribution in [3.63, 3.8) is 0 Å². The number of ether oxygens (including phenoxy) is 1. The molecule has 4 nitrogen and oxygen atoms in total. The molecule has 0 aromatic heterocycles. The standard InChI is InChI=1S/C19H34N2O2S/c1-5-24-18-14-16(2)13-17(20-9-11-23-12-10-20)21(18)8-6-7-19(3,4)15-22/h13-14,18,22H,5-12,15H2,1-4H3. The Kier molecular flexibility index (Phi) is 7.51. The van der Waals surface area contributed by atoms with Crippen molar-refractivity contribution in [3.8, 4) is 0 Å². The van der Waals surface area contributed by atoms with E-state index in [1.54, 1.807) is 0 Å². The summed E-state index contributed by atoms with van der Waals surface area (Å²) in [7, 11) is 0. The summed E-state index contributed by atoms with van der Waals surface area (Å²) in [4.78, 5) is 5.03. The zero-order valence-corrected chi connectivity index (χ0v) is 16.6. The second kappa shape index (κ2) is 9.16. The van der Waals surface area contributed by atoms with Crippen LogP contribution in [0.2, 0.25) is 0 Å². The molecule has 5 heteroatoms. The molecule has 2 aliphatic rings. The van der Waals surface area contributed by atoms with Gasteiger partial charge in [-0.15, -0.1) is 11.8 Å². The molecule has 24 heavy (non-hydrogen) atoms. The minimum Gasteiger partial charge on any atom is -0.396 e. The van der Waals surface area contributed by atoms with Gasteiger partial charge >= 0.3 is 0 Å². The topological polar surface area (TPSA) is 35.9 Å². The lowest BCUT2D eigenvalue weighted by Crippen LogP contribution is -2.46. The predicted molar refractivity (Wildman–Crippen MR) is 103 cm³/mol. The highest BCUT2D eigenvalue weighted by atomic mass is 32.2. The molecule has 2 heterocycles. The number of allylic oxidation sites excluding steroid dienone is 2. The van der Waals surface area contributed by atoms with E-state index in [2.05, 4.69) is 49.6 Å². The van der Waals surface area contributed by atoms with Crippen LogP contribution in [0.1, 0.15) is 40.5 Å². The number of thioether (sulfide) groups is 1. The highest BCUT2D eigenvalue weighted by molar-refractivity contribution is 7.99. The summed E-state index contributed by atoms with van der Waals surface area (Å²) in [6.45, 7) is 13.6. The quantitative estimate of drug-likeness (QED) is 0.724. The number of morpholine rings is 1. The second-order valence-corrected chi connectivity index (χ2v) is 8.87. The first-order valence-corrected chi connectivity index (χ1v) is 10.2. The number of nitrogens with zero attached hydrogens (tertiary/aromatic N) is 2. The monoisotopic (exact) mass is 354 g/mol. The Morgan fingerprint density at radius 1 is 1.33 bits per heavy atom. The molecule has 1 fully saturated rings. The molecule has 1 atom stereocenters. The molecule has 0 radical (unpaired) electrons. The predicted octanol–water partition coefficient (Wildman–Crippen LogP) is 3.30. The Labute approximate surface area is 151 Å². The van der Waals surface area contributed by atoms with Gasteiger partial charge in [0.05, 0.1) is 18.6 Å². The Morgan fingerprint density at radius 3 is 2.67 bits per heavy atom. The molecule has 0 aliphatic carbocycles. The van der Waals surface area contributed by atoms with Gasteiger partial charge in [-0.25, -0.2) is 0 Å². The van der Waals surface area contributed by atoms with Gasteiger partial charge in [-0.1, -0.05) is 20.8 Å². The third kappa shape index (κ3) is 5.43. The van der Waals surface area contributed by atoms with Crippen LogP contribution in [0.4, 0.5) is 0 Å². The van der Waals surface area contributed by atoms with Crippen molar-refractivity contribution >= 4 is 11.8 Å². The van der Waals surface area contributed by atoms with Crippen molar-refractivity contribution in [1.82, 2.24) is 9.80 Å². The number of aliphatic hydroxyl groups is 1. The van der Waals surface area contributed by atoms with E-state index < -0.39 is 0 Å². The van der Waals surface area contributed by atoms with Gasteiger partial charge in [-0.2, -0.15) is 0 Å². The van der Waals surface area contributed by atoms with Crippen molar-refractivity contribution in [2.45, 2.75) is 45.9 Å². The van der Waals surface area contributed by atoms with E-state index in [-0.39, 0.29) is 12.0 Å². The van der Waals surface area contributed by atoms with Crippen molar-refractivity contribution in [2.75, 3.05) is 45.2 Å². The number of hydrogen-bond acceptors (Lipinski definition) is 5. The van der Waals surface area contributed by atoms with Crippen LogP contribution in [0, 0.1) is 5.41 Å². The first-order valence-electron chi connectivity index (χ1n) is 9.19. The van der Waals surface area contributed by atoms with Crippen LogP contribution in [0.3, 0.4) is 0 Å². The fourth-order valence-corrected chi connectivity index (χ4v) is 4.25. The molecule has 1 N–H and O–H groups in total. The summed E-state index contributed by atoms with van der Waals surface area (Å²) in [5, 5.41) is 9.91. The molecule has 0 aromatic carbocycles. The van der Waals surface area contributed by atoms with E-state index in [1.807, 2.05) is 11.8 Å². The van der Waals surface area contributed by atoms with E-state index >= 15 is 0 Å². The molecule has 0 amide bonds. The molecule has 2 rings (SSSR count). The largest absolute Gasteiger partial charge is 0.396 e. The van der Waals surface area contributed by atoms with Gasteiger partial charge in [0.2, 0.25) is 0 Å².